The minimum Gasteiger partial charge on any atom is -0.348 e. The van der Waals surface area contributed by atoms with Crippen molar-refractivity contribution in [2.24, 2.45) is 0 Å². The van der Waals surface area contributed by atoms with Crippen LogP contribution in [0, 0.1) is 0 Å². The molecule has 0 aliphatic heterocycles. The highest BCUT2D eigenvalue weighted by atomic mass is 16.1. The monoisotopic (exact) mass is 279 g/mol. The highest BCUT2D eigenvalue weighted by Gasteiger charge is 2.07. The van der Waals surface area contributed by atoms with E-state index in [1.807, 2.05) is 36.4 Å². The molecular weight excluding hydrogens is 266 g/mol. The van der Waals surface area contributed by atoms with Crippen molar-refractivity contribution in [2.45, 2.75) is 6.54 Å². The van der Waals surface area contributed by atoms with E-state index in [4.69, 9.17) is 0 Å². The van der Waals surface area contributed by atoms with Crippen LogP contribution in [0.15, 0.2) is 60.9 Å². The van der Waals surface area contributed by atoms with Crippen LogP contribution in [0.2, 0.25) is 0 Å². The third-order valence-electron chi connectivity index (χ3n) is 3.02. The van der Waals surface area contributed by atoms with E-state index in [0.717, 1.165) is 11.3 Å². The summed E-state index contributed by atoms with van der Waals surface area (Å²) in [5.74, 6) is -0.131. The number of nitrogens with zero attached hydrogens (tertiary/aromatic N) is 4. The van der Waals surface area contributed by atoms with Gasteiger partial charge in [-0.15, -0.1) is 5.10 Å². The molecular formula is C15H13N5O. The predicted molar refractivity (Wildman–Crippen MR) is 76.8 cm³/mol. The van der Waals surface area contributed by atoms with Gasteiger partial charge in [-0.1, -0.05) is 36.4 Å². The summed E-state index contributed by atoms with van der Waals surface area (Å²) in [4.78, 5) is 12.2. The van der Waals surface area contributed by atoms with Crippen LogP contribution in [0.4, 0.5) is 0 Å². The summed E-state index contributed by atoms with van der Waals surface area (Å²) in [6.45, 7) is 0.495. The minimum absolute atomic E-state index is 0.131. The molecule has 1 aromatic heterocycles. The first-order chi connectivity index (χ1) is 10.3. The Morgan fingerprint density at radius 1 is 1.10 bits per heavy atom. The summed E-state index contributed by atoms with van der Waals surface area (Å²) >= 11 is 0. The molecule has 0 radical (unpaired) electrons. The SMILES string of the molecule is O=C(NCc1ccccc1)c1cccc(-n2cnnn2)c1. The van der Waals surface area contributed by atoms with E-state index in [0.29, 0.717) is 12.1 Å². The van der Waals surface area contributed by atoms with E-state index in [-0.39, 0.29) is 5.91 Å². The first-order valence-corrected chi connectivity index (χ1v) is 6.48. The number of nitrogens with one attached hydrogen (secondary N) is 1. The highest BCUT2D eigenvalue weighted by molar-refractivity contribution is 5.94. The van der Waals surface area contributed by atoms with Gasteiger partial charge < -0.3 is 5.32 Å². The Hall–Kier alpha value is -3.02. The van der Waals surface area contributed by atoms with Crippen LogP contribution in [0.25, 0.3) is 5.69 Å². The predicted octanol–water partition coefficient (Wildman–Crippen LogP) is 1.59. The number of tetrazole rings is 1. The maximum Gasteiger partial charge on any atom is 0.251 e. The maximum absolute atomic E-state index is 12.2. The van der Waals surface area contributed by atoms with Gasteiger partial charge in [0.2, 0.25) is 0 Å². The van der Waals surface area contributed by atoms with Crippen LogP contribution in [0.5, 0.6) is 0 Å². The number of aromatic nitrogens is 4. The molecule has 1 N–H and O–H groups in total. The Morgan fingerprint density at radius 2 is 1.95 bits per heavy atom. The molecule has 3 rings (SSSR count). The van der Waals surface area contributed by atoms with Gasteiger partial charge in [-0.2, -0.15) is 0 Å². The zero-order chi connectivity index (χ0) is 14.5. The summed E-state index contributed by atoms with van der Waals surface area (Å²) in [6.07, 6.45) is 1.49. The number of hydrogen-bond donors (Lipinski definition) is 1. The Kier molecular flexibility index (Phi) is 3.68. The van der Waals surface area contributed by atoms with Gasteiger partial charge in [-0.3, -0.25) is 4.79 Å². The zero-order valence-corrected chi connectivity index (χ0v) is 11.2. The zero-order valence-electron chi connectivity index (χ0n) is 11.2. The molecule has 1 amide bonds. The van der Waals surface area contributed by atoms with Gasteiger partial charge >= 0.3 is 0 Å². The molecule has 0 aliphatic rings. The molecule has 6 nitrogen and oxygen atoms in total. The van der Waals surface area contributed by atoms with Crippen molar-refractivity contribution in [1.82, 2.24) is 25.5 Å². The van der Waals surface area contributed by atoms with E-state index in [1.165, 1.54) is 11.0 Å². The van der Waals surface area contributed by atoms with Crippen molar-refractivity contribution in [1.29, 1.82) is 0 Å². The lowest BCUT2D eigenvalue weighted by molar-refractivity contribution is 0.0951. The van der Waals surface area contributed by atoms with Gasteiger partial charge in [0.1, 0.15) is 6.33 Å². The number of hydrogen-bond acceptors (Lipinski definition) is 4. The third-order valence-corrected chi connectivity index (χ3v) is 3.02. The first-order valence-electron chi connectivity index (χ1n) is 6.48. The lowest BCUT2D eigenvalue weighted by Crippen LogP contribution is -2.22. The fourth-order valence-corrected chi connectivity index (χ4v) is 1.95. The van der Waals surface area contributed by atoms with E-state index in [2.05, 4.69) is 20.8 Å². The standard InChI is InChI=1S/C15H13N5O/c21-15(16-10-12-5-2-1-3-6-12)13-7-4-8-14(9-13)20-11-17-18-19-20/h1-9,11H,10H2,(H,16,21). The van der Waals surface area contributed by atoms with Crippen molar-refractivity contribution in [3.63, 3.8) is 0 Å². The smallest absolute Gasteiger partial charge is 0.251 e. The quantitative estimate of drug-likeness (QED) is 0.787. The van der Waals surface area contributed by atoms with Gasteiger partial charge in [0, 0.05) is 12.1 Å². The van der Waals surface area contributed by atoms with Crippen LogP contribution < -0.4 is 5.32 Å². The van der Waals surface area contributed by atoms with Crippen molar-refractivity contribution in [3.05, 3.63) is 72.1 Å². The second-order valence-electron chi connectivity index (χ2n) is 4.47. The molecule has 0 aliphatic carbocycles. The average Bonchev–Trinajstić information content (AvgIpc) is 3.08. The summed E-state index contributed by atoms with van der Waals surface area (Å²) in [5.41, 5.74) is 2.37. The molecule has 21 heavy (non-hydrogen) atoms. The largest absolute Gasteiger partial charge is 0.348 e. The van der Waals surface area contributed by atoms with Crippen molar-refractivity contribution in [3.8, 4) is 5.69 Å². The van der Waals surface area contributed by atoms with E-state index in [9.17, 15) is 4.79 Å². The van der Waals surface area contributed by atoms with Crippen molar-refractivity contribution < 1.29 is 4.79 Å². The summed E-state index contributed by atoms with van der Waals surface area (Å²) in [7, 11) is 0. The molecule has 3 aromatic rings. The minimum atomic E-state index is -0.131. The second kappa shape index (κ2) is 5.96. The second-order valence-corrected chi connectivity index (χ2v) is 4.47. The molecule has 1 heterocycles. The Labute approximate surface area is 121 Å². The van der Waals surface area contributed by atoms with Gasteiger partial charge in [0.05, 0.1) is 5.69 Å². The topological polar surface area (TPSA) is 72.7 Å². The maximum atomic E-state index is 12.2. The van der Waals surface area contributed by atoms with Crippen LogP contribution in [-0.4, -0.2) is 26.1 Å². The number of amides is 1. The first kappa shape index (κ1) is 13.0. The Bertz CT molecular complexity index is 725. The van der Waals surface area contributed by atoms with E-state index < -0.39 is 0 Å². The van der Waals surface area contributed by atoms with Crippen LogP contribution in [0.1, 0.15) is 15.9 Å². The molecule has 0 saturated carbocycles. The molecule has 0 fully saturated rings. The van der Waals surface area contributed by atoms with Crippen LogP contribution in [0.3, 0.4) is 0 Å². The van der Waals surface area contributed by atoms with E-state index >= 15 is 0 Å². The molecule has 104 valence electrons. The molecule has 0 bridgehead atoms. The average molecular weight is 279 g/mol. The number of carbonyl (C=O) groups excluding carboxylic acids is 1. The van der Waals surface area contributed by atoms with Gasteiger partial charge in [-0.25, -0.2) is 4.68 Å². The highest BCUT2D eigenvalue weighted by Crippen LogP contribution is 2.09. The van der Waals surface area contributed by atoms with Gasteiger partial charge in [0.25, 0.3) is 5.91 Å². The summed E-state index contributed by atoms with van der Waals surface area (Å²) in [5, 5.41) is 13.9. The summed E-state index contributed by atoms with van der Waals surface area (Å²) < 4.78 is 1.51. The third kappa shape index (κ3) is 3.11. The Morgan fingerprint density at radius 3 is 2.71 bits per heavy atom. The number of benzene rings is 2. The fourth-order valence-electron chi connectivity index (χ4n) is 1.95. The van der Waals surface area contributed by atoms with Crippen molar-refractivity contribution in [2.75, 3.05) is 0 Å². The molecule has 0 saturated heterocycles. The van der Waals surface area contributed by atoms with Crippen molar-refractivity contribution >= 4 is 5.91 Å². The molecule has 6 heteroatoms. The van der Waals surface area contributed by atoms with Crippen LogP contribution in [-0.2, 0) is 6.54 Å². The van der Waals surface area contributed by atoms with Gasteiger partial charge in [-0.05, 0) is 34.2 Å². The molecule has 0 unspecified atom stereocenters. The lowest BCUT2D eigenvalue weighted by Gasteiger charge is -2.06. The molecule has 0 atom stereocenters. The molecule has 2 aromatic carbocycles. The number of rotatable bonds is 4. The Balaban J connectivity index is 1.72. The summed E-state index contributed by atoms with van der Waals surface area (Å²) in [6, 6.07) is 16.9. The van der Waals surface area contributed by atoms with Gasteiger partial charge in [0.15, 0.2) is 0 Å². The normalized spacial score (nSPS) is 10.3. The number of carbonyl (C=O) groups is 1. The fraction of sp³-hybridized carbons (Fsp3) is 0.0667. The molecule has 0 spiro atoms. The van der Waals surface area contributed by atoms with Crippen LogP contribution >= 0.6 is 0 Å². The lowest BCUT2D eigenvalue weighted by atomic mass is 10.1. The van der Waals surface area contributed by atoms with E-state index in [1.54, 1.807) is 18.2 Å².